The predicted octanol–water partition coefficient (Wildman–Crippen LogP) is 2.57. The first-order valence-electron chi connectivity index (χ1n) is 6.56. The topological polar surface area (TPSA) is 58.6 Å². The Morgan fingerprint density at radius 3 is 2.62 bits per heavy atom. The van der Waals surface area contributed by atoms with E-state index in [2.05, 4.69) is 5.32 Å². The number of halogens is 2. The van der Waals surface area contributed by atoms with Crippen LogP contribution in [-0.2, 0) is 14.3 Å². The molecule has 2 amide bonds. The second-order valence-electron chi connectivity index (χ2n) is 4.83. The molecule has 1 fully saturated rings. The van der Waals surface area contributed by atoms with Crippen molar-refractivity contribution in [2.24, 2.45) is 0 Å². The average Bonchev–Trinajstić information content (AvgIpc) is 2.86. The fraction of sp³-hybridized carbons (Fsp3) is 0.429. The zero-order chi connectivity index (χ0) is 15.4. The van der Waals surface area contributed by atoms with Gasteiger partial charge in [0, 0.05) is 29.4 Å². The number of hydrogen-bond acceptors (Lipinski definition) is 3. The van der Waals surface area contributed by atoms with Gasteiger partial charge in [-0.15, -0.1) is 0 Å². The van der Waals surface area contributed by atoms with Gasteiger partial charge in [0.1, 0.15) is 12.6 Å². The molecule has 5 nitrogen and oxygen atoms in total. The van der Waals surface area contributed by atoms with E-state index in [1.807, 2.05) is 0 Å². The molecule has 0 radical (unpaired) electrons. The van der Waals surface area contributed by atoms with E-state index in [0.717, 1.165) is 6.42 Å². The third-order valence-electron chi connectivity index (χ3n) is 3.27. The molecule has 0 bridgehead atoms. The molecule has 1 aliphatic rings. The summed E-state index contributed by atoms with van der Waals surface area (Å²) in [5, 5.41) is 3.63. The number of benzene rings is 1. The van der Waals surface area contributed by atoms with Crippen molar-refractivity contribution in [2.45, 2.75) is 18.9 Å². The fourth-order valence-electron chi connectivity index (χ4n) is 2.40. The van der Waals surface area contributed by atoms with Crippen LogP contribution in [0.3, 0.4) is 0 Å². The molecule has 1 N–H and O–H groups in total. The third-order valence-corrected chi connectivity index (χ3v) is 3.71. The van der Waals surface area contributed by atoms with Crippen LogP contribution in [0, 0.1) is 0 Å². The quantitative estimate of drug-likeness (QED) is 0.922. The number of methoxy groups -OCH3 is 1. The van der Waals surface area contributed by atoms with E-state index in [4.69, 9.17) is 27.9 Å². The monoisotopic (exact) mass is 330 g/mol. The Morgan fingerprint density at radius 2 is 2.00 bits per heavy atom. The number of carbonyl (C=O) groups is 2. The largest absolute Gasteiger partial charge is 0.375 e. The van der Waals surface area contributed by atoms with Gasteiger partial charge >= 0.3 is 0 Å². The lowest BCUT2D eigenvalue weighted by molar-refractivity contribution is -0.139. The summed E-state index contributed by atoms with van der Waals surface area (Å²) in [7, 11) is 1.46. The van der Waals surface area contributed by atoms with Crippen LogP contribution >= 0.6 is 23.2 Å². The summed E-state index contributed by atoms with van der Waals surface area (Å²) in [6.07, 6.45) is 1.43. The summed E-state index contributed by atoms with van der Waals surface area (Å²) >= 11 is 11.8. The van der Waals surface area contributed by atoms with E-state index >= 15 is 0 Å². The summed E-state index contributed by atoms with van der Waals surface area (Å²) in [6, 6.07) is 4.33. The zero-order valence-electron chi connectivity index (χ0n) is 11.6. The van der Waals surface area contributed by atoms with Gasteiger partial charge in [-0.3, -0.25) is 9.59 Å². The highest BCUT2D eigenvalue weighted by Gasteiger charge is 2.33. The fourth-order valence-corrected chi connectivity index (χ4v) is 2.92. The van der Waals surface area contributed by atoms with Crippen LogP contribution in [0.1, 0.15) is 12.8 Å². The van der Waals surface area contributed by atoms with Crippen LogP contribution in [0.25, 0.3) is 0 Å². The summed E-state index contributed by atoms with van der Waals surface area (Å²) < 4.78 is 4.84. The Hall–Kier alpha value is -1.30. The van der Waals surface area contributed by atoms with Crippen molar-refractivity contribution >= 4 is 40.7 Å². The van der Waals surface area contributed by atoms with Crippen LogP contribution in [0.4, 0.5) is 5.69 Å². The van der Waals surface area contributed by atoms with Crippen molar-refractivity contribution in [3.8, 4) is 0 Å². The van der Waals surface area contributed by atoms with Gasteiger partial charge in [-0.1, -0.05) is 23.2 Å². The van der Waals surface area contributed by atoms with Gasteiger partial charge in [0.15, 0.2) is 0 Å². The highest BCUT2D eigenvalue weighted by molar-refractivity contribution is 6.35. The van der Waals surface area contributed by atoms with Gasteiger partial charge in [-0.2, -0.15) is 0 Å². The number of ether oxygens (including phenoxy) is 1. The number of nitrogens with one attached hydrogen (secondary N) is 1. The molecule has 2 rings (SSSR count). The molecule has 0 aromatic heterocycles. The number of likely N-dealkylation sites (tertiary alicyclic amines) is 1. The van der Waals surface area contributed by atoms with Crippen LogP contribution < -0.4 is 5.32 Å². The maximum Gasteiger partial charge on any atom is 0.249 e. The maximum absolute atomic E-state index is 12.3. The first-order valence-corrected chi connectivity index (χ1v) is 7.32. The number of rotatable bonds is 4. The Labute approximate surface area is 133 Å². The van der Waals surface area contributed by atoms with E-state index in [1.165, 1.54) is 7.11 Å². The summed E-state index contributed by atoms with van der Waals surface area (Å²) in [4.78, 5) is 25.8. The highest BCUT2D eigenvalue weighted by atomic mass is 35.5. The van der Waals surface area contributed by atoms with Crippen molar-refractivity contribution in [1.82, 2.24) is 4.90 Å². The SMILES string of the molecule is COCC(=O)N1CCC[C@@H]1C(=O)Nc1cc(Cl)cc(Cl)c1. The molecule has 1 atom stereocenters. The second-order valence-corrected chi connectivity index (χ2v) is 5.70. The molecule has 7 heteroatoms. The number of amides is 2. The van der Waals surface area contributed by atoms with E-state index in [1.54, 1.807) is 23.1 Å². The van der Waals surface area contributed by atoms with Gasteiger partial charge in [-0.25, -0.2) is 0 Å². The van der Waals surface area contributed by atoms with Crippen molar-refractivity contribution in [3.63, 3.8) is 0 Å². The van der Waals surface area contributed by atoms with Crippen LogP contribution in [0.2, 0.25) is 10.0 Å². The van der Waals surface area contributed by atoms with Crippen molar-refractivity contribution < 1.29 is 14.3 Å². The molecule has 0 saturated carbocycles. The molecular weight excluding hydrogens is 315 g/mol. The number of anilines is 1. The molecule has 0 aliphatic carbocycles. The van der Waals surface area contributed by atoms with Crippen LogP contribution in [0.15, 0.2) is 18.2 Å². The molecule has 0 unspecified atom stereocenters. The van der Waals surface area contributed by atoms with E-state index in [0.29, 0.717) is 28.7 Å². The Balaban J connectivity index is 2.06. The molecule has 1 heterocycles. The highest BCUT2D eigenvalue weighted by Crippen LogP contribution is 2.24. The Kier molecular flexibility index (Phi) is 5.45. The normalized spacial score (nSPS) is 17.9. The lowest BCUT2D eigenvalue weighted by Crippen LogP contribution is -2.44. The zero-order valence-corrected chi connectivity index (χ0v) is 13.1. The van der Waals surface area contributed by atoms with Gasteiger partial charge in [0.2, 0.25) is 11.8 Å². The minimum atomic E-state index is -0.481. The van der Waals surface area contributed by atoms with Crippen molar-refractivity contribution in [1.29, 1.82) is 0 Å². The van der Waals surface area contributed by atoms with Gasteiger partial charge in [0.05, 0.1) is 0 Å². The first kappa shape index (κ1) is 16.1. The predicted molar refractivity (Wildman–Crippen MR) is 81.7 cm³/mol. The van der Waals surface area contributed by atoms with Gasteiger partial charge in [0.25, 0.3) is 0 Å². The summed E-state index contributed by atoms with van der Waals surface area (Å²) in [5.41, 5.74) is 0.517. The van der Waals surface area contributed by atoms with Crippen LogP contribution in [-0.4, -0.2) is 43.0 Å². The van der Waals surface area contributed by atoms with E-state index < -0.39 is 6.04 Å². The molecule has 1 aliphatic heterocycles. The first-order chi connectivity index (χ1) is 10.0. The Bertz CT molecular complexity index is 531. The number of nitrogens with zero attached hydrogens (tertiary/aromatic N) is 1. The minimum Gasteiger partial charge on any atom is -0.375 e. The van der Waals surface area contributed by atoms with Crippen molar-refractivity contribution in [3.05, 3.63) is 28.2 Å². The second kappa shape index (κ2) is 7.11. The smallest absolute Gasteiger partial charge is 0.249 e. The lowest BCUT2D eigenvalue weighted by atomic mass is 10.2. The summed E-state index contributed by atoms with van der Waals surface area (Å²) in [6.45, 7) is 0.545. The number of carbonyl (C=O) groups excluding carboxylic acids is 2. The van der Waals surface area contributed by atoms with E-state index in [-0.39, 0.29) is 18.4 Å². The molecular formula is C14H16Cl2N2O3. The third kappa shape index (κ3) is 4.09. The number of hydrogen-bond donors (Lipinski definition) is 1. The molecule has 21 heavy (non-hydrogen) atoms. The minimum absolute atomic E-state index is 0.0211. The van der Waals surface area contributed by atoms with Gasteiger partial charge in [-0.05, 0) is 31.0 Å². The van der Waals surface area contributed by atoms with Gasteiger partial charge < -0.3 is 15.0 Å². The lowest BCUT2D eigenvalue weighted by Gasteiger charge is -2.23. The standard InChI is InChI=1S/C14H16Cl2N2O3/c1-21-8-13(19)18-4-2-3-12(18)14(20)17-11-6-9(15)5-10(16)7-11/h5-7,12H,2-4,8H2,1H3,(H,17,20)/t12-/m1/s1. The Morgan fingerprint density at radius 1 is 1.33 bits per heavy atom. The van der Waals surface area contributed by atoms with Crippen molar-refractivity contribution in [2.75, 3.05) is 25.6 Å². The average molecular weight is 331 g/mol. The molecule has 114 valence electrons. The summed E-state index contributed by atoms with van der Waals surface area (Å²) in [5.74, 6) is -0.422. The molecule has 1 aromatic carbocycles. The van der Waals surface area contributed by atoms with E-state index in [9.17, 15) is 9.59 Å². The van der Waals surface area contributed by atoms with Crippen LogP contribution in [0.5, 0.6) is 0 Å². The molecule has 1 saturated heterocycles. The molecule has 1 aromatic rings. The molecule has 0 spiro atoms. The maximum atomic E-state index is 12.3.